The van der Waals surface area contributed by atoms with Crippen molar-refractivity contribution in [1.29, 1.82) is 0 Å². The van der Waals surface area contributed by atoms with Crippen LogP contribution in [0.15, 0.2) is 12.2 Å². The lowest BCUT2D eigenvalue weighted by Crippen LogP contribution is -2.19. The van der Waals surface area contributed by atoms with Crippen LogP contribution in [0.3, 0.4) is 0 Å². The average molecular weight is 385 g/mol. The molecule has 3 nitrogen and oxygen atoms in total. The normalized spacial score (nSPS) is 11.9. The molecule has 0 rings (SSSR count). The molecule has 0 aliphatic heterocycles. The molecule has 162 valence electrons. The van der Waals surface area contributed by atoms with Gasteiger partial charge in [0.2, 0.25) is 0 Å². The predicted molar refractivity (Wildman–Crippen MR) is 117 cm³/mol. The molecule has 0 amide bonds. The van der Waals surface area contributed by atoms with Gasteiger partial charge in [0.25, 0.3) is 0 Å². The highest BCUT2D eigenvalue weighted by Crippen LogP contribution is 2.14. The summed E-state index contributed by atoms with van der Waals surface area (Å²) in [6.45, 7) is 6.42. The quantitative estimate of drug-likeness (QED) is 0.122. The zero-order valence-electron chi connectivity index (χ0n) is 18.4. The van der Waals surface area contributed by atoms with Crippen LogP contribution in [0.2, 0.25) is 0 Å². The summed E-state index contributed by atoms with van der Waals surface area (Å²) in [5, 5.41) is 8.71. The molecular weight excluding hydrogens is 336 g/mol. The molecule has 0 heterocycles. The lowest BCUT2D eigenvalue weighted by molar-refractivity contribution is -0.148. The first kappa shape index (κ1) is 26.6. The van der Waals surface area contributed by atoms with E-state index in [0.29, 0.717) is 0 Å². The zero-order valence-corrected chi connectivity index (χ0v) is 18.4. The summed E-state index contributed by atoms with van der Waals surface area (Å²) in [5.74, 6) is 0. The van der Waals surface area contributed by atoms with E-state index in [9.17, 15) is 0 Å². The van der Waals surface area contributed by atoms with Crippen molar-refractivity contribution in [2.45, 2.75) is 123 Å². The molecule has 0 aromatic heterocycles. The second kappa shape index (κ2) is 23.7. The standard InChI is InChI=1S/C24H48O3/c1-3-5-18-22-26-24(27-23-19-6-4-2)20-16-14-12-10-8-7-9-11-13-15-17-21-25/h13,15,24-25H,3-12,14,16-23H2,1-2H3/b15-13-. The van der Waals surface area contributed by atoms with Crippen LogP contribution in [0.1, 0.15) is 117 Å². The molecule has 3 heteroatoms. The molecule has 0 aliphatic rings. The summed E-state index contributed by atoms with van der Waals surface area (Å²) in [4.78, 5) is 0. The van der Waals surface area contributed by atoms with Crippen molar-refractivity contribution in [1.82, 2.24) is 0 Å². The van der Waals surface area contributed by atoms with Crippen LogP contribution in [0.25, 0.3) is 0 Å². The Morgan fingerprint density at radius 1 is 0.630 bits per heavy atom. The molecule has 0 radical (unpaired) electrons. The number of aliphatic hydroxyl groups is 1. The fourth-order valence-corrected chi connectivity index (χ4v) is 3.12. The van der Waals surface area contributed by atoms with Gasteiger partial charge in [0.05, 0.1) is 0 Å². The zero-order chi connectivity index (χ0) is 19.8. The summed E-state index contributed by atoms with van der Waals surface area (Å²) >= 11 is 0. The minimum Gasteiger partial charge on any atom is -0.396 e. The van der Waals surface area contributed by atoms with E-state index >= 15 is 0 Å². The third kappa shape index (κ3) is 21.8. The van der Waals surface area contributed by atoms with E-state index in [1.165, 1.54) is 70.6 Å². The number of allylic oxidation sites excluding steroid dienone is 1. The first-order valence-corrected chi connectivity index (χ1v) is 11.8. The maximum Gasteiger partial charge on any atom is 0.157 e. The predicted octanol–water partition coefficient (Wildman–Crippen LogP) is 7.18. The van der Waals surface area contributed by atoms with Crippen molar-refractivity contribution in [3.05, 3.63) is 12.2 Å². The summed E-state index contributed by atoms with van der Waals surface area (Å²) in [6.07, 6.45) is 23.7. The van der Waals surface area contributed by atoms with E-state index in [0.717, 1.165) is 45.3 Å². The van der Waals surface area contributed by atoms with Crippen molar-refractivity contribution in [2.75, 3.05) is 19.8 Å². The van der Waals surface area contributed by atoms with Crippen LogP contribution in [0.5, 0.6) is 0 Å². The maximum absolute atomic E-state index is 8.71. The molecule has 27 heavy (non-hydrogen) atoms. The largest absolute Gasteiger partial charge is 0.396 e. The van der Waals surface area contributed by atoms with E-state index in [4.69, 9.17) is 14.6 Å². The minimum atomic E-state index is 0.0180. The monoisotopic (exact) mass is 384 g/mol. The summed E-state index contributed by atoms with van der Waals surface area (Å²) < 4.78 is 12.0. The molecule has 0 aromatic rings. The van der Waals surface area contributed by atoms with Crippen molar-refractivity contribution < 1.29 is 14.6 Å². The molecule has 1 N–H and O–H groups in total. The highest BCUT2D eigenvalue weighted by Gasteiger charge is 2.09. The highest BCUT2D eigenvalue weighted by atomic mass is 16.7. The number of hydrogen-bond donors (Lipinski definition) is 1. The van der Waals surface area contributed by atoms with Crippen molar-refractivity contribution in [2.24, 2.45) is 0 Å². The van der Waals surface area contributed by atoms with Gasteiger partial charge in [-0.1, -0.05) is 83.8 Å². The first-order chi connectivity index (χ1) is 13.3. The molecule has 0 bridgehead atoms. The molecule has 0 fully saturated rings. The van der Waals surface area contributed by atoms with E-state index in [2.05, 4.69) is 26.0 Å². The van der Waals surface area contributed by atoms with Gasteiger partial charge >= 0.3 is 0 Å². The van der Waals surface area contributed by atoms with Gasteiger partial charge in [-0.25, -0.2) is 0 Å². The summed E-state index contributed by atoms with van der Waals surface area (Å²) in [5.41, 5.74) is 0. The van der Waals surface area contributed by atoms with E-state index in [1.54, 1.807) is 0 Å². The Morgan fingerprint density at radius 3 is 1.70 bits per heavy atom. The number of hydrogen-bond acceptors (Lipinski definition) is 3. The first-order valence-electron chi connectivity index (χ1n) is 11.8. The Labute approximate surface area is 169 Å². The summed E-state index contributed by atoms with van der Waals surface area (Å²) in [6, 6.07) is 0. The van der Waals surface area contributed by atoms with Gasteiger partial charge in [-0.05, 0) is 44.9 Å². The van der Waals surface area contributed by atoms with Gasteiger partial charge in [0, 0.05) is 19.8 Å². The molecule has 0 aromatic carbocycles. The SMILES string of the molecule is CCCCCOC(CCCCCCCCC/C=C\CCO)OCCCCC. The topological polar surface area (TPSA) is 38.7 Å². The van der Waals surface area contributed by atoms with Crippen LogP contribution < -0.4 is 0 Å². The molecule has 0 spiro atoms. The molecule has 0 unspecified atom stereocenters. The number of unbranched alkanes of at least 4 members (excludes halogenated alkanes) is 11. The van der Waals surface area contributed by atoms with Crippen molar-refractivity contribution in [3.8, 4) is 0 Å². The highest BCUT2D eigenvalue weighted by molar-refractivity contribution is 4.80. The second-order valence-corrected chi connectivity index (χ2v) is 7.62. The van der Waals surface area contributed by atoms with Crippen LogP contribution in [-0.4, -0.2) is 31.2 Å². The Bertz CT molecular complexity index is 279. The molecule has 0 aliphatic carbocycles. The lowest BCUT2D eigenvalue weighted by Gasteiger charge is -2.18. The Kier molecular flexibility index (Phi) is 23.3. The Balaban J connectivity index is 3.60. The van der Waals surface area contributed by atoms with Gasteiger partial charge in [0.1, 0.15) is 0 Å². The Morgan fingerprint density at radius 2 is 1.15 bits per heavy atom. The summed E-state index contributed by atoms with van der Waals surface area (Å²) in [7, 11) is 0. The third-order valence-electron chi connectivity index (χ3n) is 4.88. The molecular formula is C24H48O3. The van der Waals surface area contributed by atoms with Gasteiger partial charge in [-0.3, -0.25) is 0 Å². The van der Waals surface area contributed by atoms with E-state index in [-0.39, 0.29) is 12.9 Å². The van der Waals surface area contributed by atoms with Crippen LogP contribution in [0.4, 0.5) is 0 Å². The maximum atomic E-state index is 8.71. The van der Waals surface area contributed by atoms with Crippen LogP contribution >= 0.6 is 0 Å². The Hall–Kier alpha value is -0.380. The van der Waals surface area contributed by atoms with Gasteiger partial charge in [-0.15, -0.1) is 0 Å². The number of aliphatic hydroxyl groups excluding tert-OH is 1. The van der Waals surface area contributed by atoms with Gasteiger partial charge in [0.15, 0.2) is 6.29 Å². The van der Waals surface area contributed by atoms with Gasteiger partial charge < -0.3 is 14.6 Å². The van der Waals surface area contributed by atoms with E-state index < -0.39 is 0 Å². The molecule has 0 saturated heterocycles. The number of rotatable bonds is 22. The second-order valence-electron chi connectivity index (χ2n) is 7.62. The number of ether oxygens (including phenoxy) is 2. The lowest BCUT2D eigenvalue weighted by atomic mass is 10.1. The fraction of sp³-hybridized carbons (Fsp3) is 0.917. The van der Waals surface area contributed by atoms with Gasteiger partial charge in [-0.2, -0.15) is 0 Å². The fourth-order valence-electron chi connectivity index (χ4n) is 3.12. The smallest absolute Gasteiger partial charge is 0.157 e. The molecule has 0 atom stereocenters. The molecule has 0 saturated carbocycles. The van der Waals surface area contributed by atoms with E-state index in [1.807, 2.05) is 0 Å². The minimum absolute atomic E-state index is 0.0180. The average Bonchev–Trinajstić information content (AvgIpc) is 2.68. The van der Waals surface area contributed by atoms with Crippen molar-refractivity contribution >= 4 is 0 Å². The van der Waals surface area contributed by atoms with Crippen molar-refractivity contribution in [3.63, 3.8) is 0 Å². The van der Waals surface area contributed by atoms with Crippen LogP contribution in [0, 0.1) is 0 Å². The third-order valence-corrected chi connectivity index (χ3v) is 4.88. The van der Waals surface area contributed by atoms with Crippen LogP contribution in [-0.2, 0) is 9.47 Å².